The number of amides is 1. The molecule has 0 saturated heterocycles. The summed E-state index contributed by atoms with van der Waals surface area (Å²) in [4.78, 5) is 17.4. The molecule has 2 aliphatic rings. The molecule has 6 heteroatoms. The molecule has 0 spiro atoms. The molecule has 0 bridgehead atoms. The van der Waals surface area contributed by atoms with Crippen LogP contribution in [0.2, 0.25) is 0 Å². The molecule has 1 N–H and O–H groups in total. The molecule has 0 fully saturated rings. The van der Waals surface area contributed by atoms with Crippen LogP contribution in [0.1, 0.15) is 0 Å². The van der Waals surface area contributed by atoms with Crippen molar-refractivity contribution in [2.24, 2.45) is 4.99 Å². The van der Waals surface area contributed by atoms with Gasteiger partial charge >= 0.3 is 0 Å². The quantitative estimate of drug-likeness (QED) is 0.649. The molecule has 0 aliphatic carbocycles. The van der Waals surface area contributed by atoms with Gasteiger partial charge in [-0.25, -0.2) is 0 Å². The molecule has 1 unspecified atom stereocenters. The summed E-state index contributed by atoms with van der Waals surface area (Å²) in [7, 11) is 0. The third kappa shape index (κ3) is 1.11. The van der Waals surface area contributed by atoms with Crippen molar-refractivity contribution in [2.45, 2.75) is 6.04 Å². The minimum absolute atomic E-state index is 0.142. The average Bonchev–Trinajstić information content (AvgIpc) is 2.30. The summed E-state index contributed by atoms with van der Waals surface area (Å²) >= 11 is 0. The molecule has 1 aromatic rings. The largest absolute Gasteiger partial charge is 0.326 e. The SMILES string of the molecule is O=C1Nc2nnccc2N2C=CN=CC12. The van der Waals surface area contributed by atoms with Gasteiger partial charge < -0.3 is 10.2 Å². The fraction of sp³-hybridized carbons (Fsp3) is 0.111. The van der Waals surface area contributed by atoms with Gasteiger partial charge in [0.25, 0.3) is 5.91 Å². The molecule has 1 amide bonds. The zero-order valence-electron chi connectivity index (χ0n) is 7.66. The van der Waals surface area contributed by atoms with E-state index in [0.29, 0.717) is 5.82 Å². The van der Waals surface area contributed by atoms with Crippen LogP contribution in [0.15, 0.2) is 29.7 Å². The van der Waals surface area contributed by atoms with Crippen LogP contribution in [0.4, 0.5) is 11.5 Å². The summed E-state index contributed by atoms with van der Waals surface area (Å²) in [5.74, 6) is 0.342. The summed E-state index contributed by atoms with van der Waals surface area (Å²) in [5.41, 5.74) is 0.831. The molecule has 6 nitrogen and oxygen atoms in total. The first-order chi connectivity index (χ1) is 7.36. The lowest BCUT2D eigenvalue weighted by molar-refractivity contribution is -0.116. The highest BCUT2D eigenvalue weighted by Crippen LogP contribution is 2.29. The number of fused-ring (bicyclic) bond motifs is 3. The third-order valence-electron chi connectivity index (χ3n) is 2.33. The number of nitrogens with zero attached hydrogens (tertiary/aromatic N) is 4. The molecular weight excluding hydrogens is 194 g/mol. The lowest BCUT2D eigenvalue weighted by Gasteiger charge is -2.33. The maximum Gasteiger partial charge on any atom is 0.254 e. The number of anilines is 2. The van der Waals surface area contributed by atoms with Crippen molar-refractivity contribution in [3.63, 3.8) is 0 Å². The first-order valence-electron chi connectivity index (χ1n) is 4.47. The van der Waals surface area contributed by atoms with Crippen LogP contribution in [-0.2, 0) is 4.79 Å². The number of carbonyl (C=O) groups excluding carboxylic acids is 1. The van der Waals surface area contributed by atoms with Crippen molar-refractivity contribution in [1.29, 1.82) is 0 Å². The Balaban J connectivity index is 2.15. The Kier molecular flexibility index (Phi) is 1.55. The molecule has 3 rings (SSSR count). The number of rotatable bonds is 0. The van der Waals surface area contributed by atoms with E-state index in [0.717, 1.165) is 5.69 Å². The molecule has 74 valence electrons. The molecule has 15 heavy (non-hydrogen) atoms. The normalized spacial score (nSPS) is 22.0. The number of aliphatic imine (C=N–C) groups is 1. The summed E-state index contributed by atoms with van der Waals surface area (Å²) in [6.07, 6.45) is 6.58. The van der Waals surface area contributed by atoms with E-state index in [-0.39, 0.29) is 11.9 Å². The van der Waals surface area contributed by atoms with Crippen molar-refractivity contribution >= 4 is 23.6 Å². The monoisotopic (exact) mass is 201 g/mol. The molecule has 2 aliphatic heterocycles. The van der Waals surface area contributed by atoms with Gasteiger partial charge in [0.2, 0.25) is 0 Å². The number of carbonyl (C=O) groups is 1. The Labute approximate surface area is 85.3 Å². The Morgan fingerprint density at radius 2 is 2.40 bits per heavy atom. The minimum Gasteiger partial charge on any atom is -0.326 e. The van der Waals surface area contributed by atoms with E-state index in [1.165, 1.54) is 0 Å². The number of hydrogen-bond acceptors (Lipinski definition) is 5. The number of nitrogens with one attached hydrogen (secondary N) is 1. The maximum absolute atomic E-state index is 11.6. The second-order valence-electron chi connectivity index (χ2n) is 3.20. The van der Waals surface area contributed by atoms with E-state index in [2.05, 4.69) is 20.5 Å². The van der Waals surface area contributed by atoms with Gasteiger partial charge in [0.05, 0.1) is 11.9 Å². The van der Waals surface area contributed by atoms with Gasteiger partial charge in [-0.15, -0.1) is 5.10 Å². The van der Waals surface area contributed by atoms with Crippen molar-refractivity contribution < 1.29 is 4.79 Å². The highest BCUT2D eigenvalue weighted by atomic mass is 16.2. The van der Waals surface area contributed by atoms with E-state index in [1.54, 1.807) is 30.9 Å². The minimum atomic E-state index is -0.383. The second kappa shape index (κ2) is 2.88. The summed E-state index contributed by atoms with van der Waals surface area (Å²) in [6.45, 7) is 0. The maximum atomic E-state index is 11.6. The van der Waals surface area contributed by atoms with Gasteiger partial charge in [-0.1, -0.05) is 0 Å². The molecule has 0 radical (unpaired) electrons. The number of aromatic nitrogens is 2. The zero-order valence-corrected chi connectivity index (χ0v) is 7.66. The molecule has 0 aromatic carbocycles. The third-order valence-corrected chi connectivity index (χ3v) is 2.33. The number of hydrogen-bond donors (Lipinski definition) is 1. The van der Waals surface area contributed by atoms with Crippen LogP contribution in [0.25, 0.3) is 0 Å². The van der Waals surface area contributed by atoms with Gasteiger partial charge in [-0.05, 0) is 6.07 Å². The molecule has 3 heterocycles. The lowest BCUT2D eigenvalue weighted by Crippen LogP contribution is -2.47. The standard InChI is InChI=1S/C9H7N5O/c15-9-7-5-10-3-4-14(7)6-1-2-11-13-8(6)12-9/h1-5,7H,(H,12,13,15). The molecular formula is C9H7N5O. The summed E-state index contributed by atoms with van der Waals surface area (Å²) in [6, 6.07) is 1.42. The lowest BCUT2D eigenvalue weighted by atomic mass is 10.1. The fourth-order valence-corrected chi connectivity index (χ4v) is 1.64. The van der Waals surface area contributed by atoms with Crippen LogP contribution in [0, 0.1) is 0 Å². The Morgan fingerprint density at radius 1 is 1.47 bits per heavy atom. The van der Waals surface area contributed by atoms with Crippen molar-refractivity contribution in [3.05, 3.63) is 24.7 Å². The zero-order chi connectivity index (χ0) is 10.3. The van der Waals surface area contributed by atoms with E-state index in [4.69, 9.17) is 0 Å². The molecule has 0 saturated carbocycles. The first kappa shape index (κ1) is 8.10. The summed E-state index contributed by atoms with van der Waals surface area (Å²) < 4.78 is 0. The van der Waals surface area contributed by atoms with E-state index >= 15 is 0 Å². The van der Waals surface area contributed by atoms with Gasteiger partial charge in [-0.3, -0.25) is 9.79 Å². The van der Waals surface area contributed by atoms with Gasteiger partial charge in [0.1, 0.15) is 6.04 Å². The van der Waals surface area contributed by atoms with E-state index in [9.17, 15) is 4.79 Å². The van der Waals surface area contributed by atoms with Gasteiger partial charge in [0, 0.05) is 18.6 Å². The van der Waals surface area contributed by atoms with Crippen LogP contribution < -0.4 is 10.2 Å². The van der Waals surface area contributed by atoms with Crippen LogP contribution in [0.5, 0.6) is 0 Å². The van der Waals surface area contributed by atoms with Crippen LogP contribution in [0.3, 0.4) is 0 Å². The smallest absolute Gasteiger partial charge is 0.254 e. The van der Waals surface area contributed by atoms with Crippen molar-refractivity contribution in [2.75, 3.05) is 10.2 Å². The van der Waals surface area contributed by atoms with Gasteiger partial charge in [0.15, 0.2) is 5.82 Å². The highest BCUT2D eigenvalue weighted by molar-refractivity contribution is 6.12. The first-order valence-corrected chi connectivity index (χ1v) is 4.47. The highest BCUT2D eigenvalue weighted by Gasteiger charge is 2.32. The topological polar surface area (TPSA) is 70.5 Å². The average molecular weight is 201 g/mol. The fourth-order valence-electron chi connectivity index (χ4n) is 1.64. The molecule has 1 aromatic heterocycles. The van der Waals surface area contributed by atoms with E-state index < -0.39 is 0 Å². The molecule has 1 atom stereocenters. The Hall–Kier alpha value is -2.24. The Bertz CT molecular complexity index is 481. The van der Waals surface area contributed by atoms with E-state index in [1.807, 2.05) is 4.90 Å². The predicted molar refractivity (Wildman–Crippen MR) is 54.6 cm³/mol. The van der Waals surface area contributed by atoms with Crippen molar-refractivity contribution in [3.8, 4) is 0 Å². The second-order valence-corrected chi connectivity index (χ2v) is 3.20. The predicted octanol–water partition coefficient (Wildman–Crippen LogP) is 0.159. The summed E-state index contributed by atoms with van der Waals surface area (Å²) in [5, 5.41) is 10.3. The van der Waals surface area contributed by atoms with Crippen molar-refractivity contribution in [1.82, 2.24) is 10.2 Å². The van der Waals surface area contributed by atoms with Gasteiger partial charge in [-0.2, -0.15) is 5.10 Å². The Morgan fingerprint density at radius 3 is 3.33 bits per heavy atom. The van der Waals surface area contributed by atoms with Crippen LogP contribution >= 0.6 is 0 Å². The van der Waals surface area contributed by atoms with Crippen LogP contribution in [-0.4, -0.2) is 28.4 Å².